The lowest BCUT2D eigenvalue weighted by atomic mass is 9.88. The topological polar surface area (TPSA) is 57.6 Å². The van der Waals surface area contributed by atoms with Crippen LogP contribution in [0.5, 0.6) is 0 Å². The van der Waals surface area contributed by atoms with Crippen LogP contribution in [0.4, 0.5) is 5.69 Å². The molecule has 25 heavy (non-hydrogen) atoms. The molecule has 1 aliphatic heterocycles. The van der Waals surface area contributed by atoms with Gasteiger partial charge in [0.25, 0.3) is 5.91 Å². The van der Waals surface area contributed by atoms with Crippen LogP contribution >= 0.6 is 22.6 Å². The van der Waals surface area contributed by atoms with Crippen molar-refractivity contribution in [1.29, 1.82) is 0 Å². The summed E-state index contributed by atoms with van der Waals surface area (Å²) in [6.07, 6.45) is 1.55. The van der Waals surface area contributed by atoms with E-state index in [4.69, 9.17) is 0 Å². The molecule has 0 saturated heterocycles. The molecule has 0 spiro atoms. The molecule has 1 amide bonds. The number of ketones is 1. The number of Topliss-reactive ketones (excluding diaryl/α,β-unsaturated/α-hetero) is 1. The Labute approximate surface area is 161 Å². The van der Waals surface area contributed by atoms with Gasteiger partial charge in [0.05, 0.1) is 12.1 Å². The van der Waals surface area contributed by atoms with Gasteiger partial charge in [-0.15, -0.1) is 0 Å². The first kappa shape index (κ1) is 18.1. The van der Waals surface area contributed by atoms with Crippen LogP contribution in [-0.4, -0.2) is 23.3 Å². The molecule has 0 bridgehead atoms. The molecule has 1 aliphatic rings. The normalized spacial score (nSPS) is 19.2. The van der Waals surface area contributed by atoms with Gasteiger partial charge >= 0.3 is 0 Å². The summed E-state index contributed by atoms with van der Waals surface area (Å²) < 4.78 is 1.03. The number of fused-ring (bicyclic) bond motifs is 1. The molecule has 1 heterocycles. The van der Waals surface area contributed by atoms with Crippen molar-refractivity contribution in [3.05, 3.63) is 63.2 Å². The largest absolute Gasteiger partial charge is 0.375 e. The number of benzene rings is 2. The van der Waals surface area contributed by atoms with Gasteiger partial charge in [0, 0.05) is 21.2 Å². The van der Waals surface area contributed by atoms with Crippen LogP contribution in [0.15, 0.2) is 48.5 Å². The van der Waals surface area contributed by atoms with Crippen molar-refractivity contribution in [2.45, 2.75) is 31.8 Å². The van der Waals surface area contributed by atoms with Crippen molar-refractivity contribution in [2.24, 2.45) is 0 Å². The third kappa shape index (κ3) is 3.35. The van der Waals surface area contributed by atoms with Crippen LogP contribution in [0.3, 0.4) is 0 Å². The fourth-order valence-corrected chi connectivity index (χ4v) is 3.55. The van der Waals surface area contributed by atoms with Gasteiger partial charge in [-0.25, -0.2) is 0 Å². The molecule has 1 N–H and O–H groups in total. The van der Waals surface area contributed by atoms with Crippen molar-refractivity contribution in [3.8, 4) is 0 Å². The minimum absolute atomic E-state index is 0.237. The van der Waals surface area contributed by atoms with E-state index in [-0.39, 0.29) is 12.2 Å². The Kier molecular flexibility index (Phi) is 5.24. The Balaban J connectivity index is 1.92. The number of para-hydroxylation sites is 1. The SMILES string of the molecule is CCCCN1C(=O)C(O)(CC(=O)c2ccc(I)cc2)c2ccccc21. The third-order valence-electron chi connectivity index (χ3n) is 4.56. The zero-order valence-electron chi connectivity index (χ0n) is 14.0. The molecule has 0 saturated carbocycles. The van der Waals surface area contributed by atoms with Gasteiger partial charge in [-0.3, -0.25) is 9.59 Å². The molecule has 4 nitrogen and oxygen atoms in total. The third-order valence-corrected chi connectivity index (χ3v) is 5.28. The highest BCUT2D eigenvalue weighted by atomic mass is 127. The molecule has 0 aromatic heterocycles. The maximum atomic E-state index is 12.9. The van der Waals surface area contributed by atoms with Crippen molar-refractivity contribution >= 4 is 40.0 Å². The van der Waals surface area contributed by atoms with Crippen molar-refractivity contribution < 1.29 is 14.7 Å². The average Bonchev–Trinajstić information content (AvgIpc) is 2.82. The Morgan fingerprint density at radius 1 is 1.16 bits per heavy atom. The lowest BCUT2D eigenvalue weighted by Gasteiger charge is -2.22. The lowest BCUT2D eigenvalue weighted by Crippen LogP contribution is -2.42. The molecule has 0 radical (unpaired) electrons. The van der Waals surface area contributed by atoms with E-state index in [1.54, 1.807) is 29.2 Å². The number of carbonyl (C=O) groups is 2. The first-order valence-electron chi connectivity index (χ1n) is 8.40. The standard InChI is InChI=1S/C20H20INO3/c1-2-3-12-22-17-7-5-4-6-16(17)20(25,19(22)24)13-18(23)14-8-10-15(21)11-9-14/h4-11,25H,2-3,12-13H2,1H3. The van der Waals surface area contributed by atoms with Gasteiger partial charge in [0.1, 0.15) is 0 Å². The van der Waals surface area contributed by atoms with E-state index in [2.05, 4.69) is 29.5 Å². The van der Waals surface area contributed by atoms with E-state index in [1.165, 1.54) is 0 Å². The summed E-state index contributed by atoms with van der Waals surface area (Å²) in [5, 5.41) is 11.2. The number of unbranched alkanes of at least 4 members (excludes halogenated alkanes) is 1. The number of halogens is 1. The Bertz CT molecular complexity index is 803. The number of hydrogen-bond acceptors (Lipinski definition) is 3. The molecule has 5 heteroatoms. The predicted molar refractivity (Wildman–Crippen MR) is 106 cm³/mol. The fraction of sp³-hybridized carbons (Fsp3) is 0.300. The van der Waals surface area contributed by atoms with Gasteiger partial charge in [0.2, 0.25) is 0 Å². The summed E-state index contributed by atoms with van der Waals surface area (Å²) in [5.74, 6) is -0.639. The smallest absolute Gasteiger partial charge is 0.264 e. The fourth-order valence-electron chi connectivity index (χ4n) is 3.19. The van der Waals surface area contributed by atoms with Gasteiger partial charge < -0.3 is 10.0 Å². The molecule has 0 fully saturated rings. The summed E-state index contributed by atoms with van der Waals surface area (Å²) in [5.41, 5.74) is -0.0512. The van der Waals surface area contributed by atoms with E-state index in [1.807, 2.05) is 24.3 Å². The van der Waals surface area contributed by atoms with Crippen LogP contribution in [-0.2, 0) is 10.4 Å². The highest BCUT2D eigenvalue weighted by molar-refractivity contribution is 14.1. The maximum absolute atomic E-state index is 12.9. The Hall–Kier alpha value is -1.73. The van der Waals surface area contributed by atoms with Crippen LogP contribution < -0.4 is 4.90 Å². The monoisotopic (exact) mass is 449 g/mol. The van der Waals surface area contributed by atoms with E-state index < -0.39 is 11.5 Å². The molecule has 3 rings (SSSR count). The second-order valence-corrected chi connectivity index (χ2v) is 7.54. The highest BCUT2D eigenvalue weighted by Gasteiger charge is 2.50. The van der Waals surface area contributed by atoms with E-state index >= 15 is 0 Å². The molecule has 2 aromatic rings. The summed E-state index contributed by atoms with van der Waals surface area (Å²) in [7, 11) is 0. The second-order valence-electron chi connectivity index (χ2n) is 6.29. The van der Waals surface area contributed by atoms with Crippen molar-refractivity contribution in [3.63, 3.8) is 0 Å². The number of anilines is 1. The number of rotatable bonds is 6. The number of amides is 1. The molecule has 0 aliphatic carbocycles. The van der Waals surface area contributed by atoms with Gasteiger partial charge in [-0.1, -0.05) is 43.7 Å². The summed E-state index contributed by atoms with van der Waals surface area (Å²) in [6, 6.07) is 14.3. The molecule has 130 valence electrons. The first-order valence-corrected chi connectivity index (χ1v) is 9.48. The van der Waals surface area contributed by atoms with Crippen molar-refractivity contribution in [1.82, 2.24) is 0 Å². The van der Waals surface area contributed by atoms with Crippen LogP contribution in [0.1, 0.15) is 42.1 Å². The quantitative estimate of drug-likeness (QED) is 0.538. The predicted octanol–water partition coefficient (Wildman–Crippen LogP) is 3.90. The number of hydrogen-bond donors (Lipinski definition) is 1. The molecular formula is C20H20INO3. The van der Waals surface area contributed by atoms with E-state index in [0.29, 0.717) is 23.4 Å². The summed E-state index contributed by atoms with van der Waals surface area (Å²) in [6.45, 7) is 2.60. The Morgan fingerprint density at radius 2 is 1.84 bits per heavy atom. The second kappa shape index (κ2) is 7.25. The Morgan fingerprint density at radius 3 is 2.52 bits per heavy atom. The van der Waals surface area contributed by atoms with Gasteiger partial charge in [-0.2, -0.15) is 0 Å². The van der Waals surface area contributed by atoms with Crippen LogP contribution in [0, 0.1) is 3.57 Å². The van der Waals surface area contributed by atoms with Crippen LogP contribution in [0.2, 0.25) is 0 Å². The lowest BCUT2D eigenvalue weighted by molar-refractivity contribution is -0.135. The van der Waals surface area contributed by atoms with Gasteiger partial charge in [0.15, 0.2) is 11.4 Å². The minimum Gasteiger partial charge on any atom is -0.375 e. The average molecular weight is 449 g/mol. The molecule has 1 atom stereocenters. The first-order chi connectivity index (χ1) is 12.0. The van der Waals surface area contributed by atoms with E-state index in [0.717, 1.165) is 16.4 Å². The zero-order valence-corrected chi connectivity index (χ0v) is 16.2. The van der Waals surface area contributed by atoms with E-state index in [9.17, 15) is 14.7 Å². The number of carbonyl (C=O) groups excluding carboxylic acids is 2. The molecule has 2 aromatic carbocycles. The number of nitrogens with zero attached hydrogens (tertiary/aromatic N) is 1. The highest BCUT2D eigenvalue weighted by Crippen LogP contribution is 2.42. The summed E-state index contributed by atoms with van der Waals surface area (Å²) >= 11 is 2.17. The molecular weight excluding hydrogens is 429 g/mol. The summed E-state index contributed by atoms with van der Waals surface area (Å²) in [4.78, 5) is 27.2. The van der Waals surface area contributed by atoms with Crippen LogP contribution in [0.25, 0.3) is 0 Å². The number of aliphatic hydroxyl groups is 1. The molecule has 1 unspecified atom stereocenters. The van der Waals surface area contributed by atoms with Crippen molar-refractivity contribution in [2.75, 3.05) is 11.4 Å². The van der Waals surface area contributed by atoms with Gasteiger partial charge in [-0.05, 0) is 47.2 Å². The minimum atomic E-state index is -1.79. The maximum Gasteiger partial charge on any atom is 0.264 e. The zero-order chi connectivity index (χ0) is 18.0.